The van der Waals surface area contributed by atoms with Crippen molar-refractivity contribution in [2.45, 2.75) is 6.10 Å². The Kier molecular flexibility index (Phi) is 4.28. The van der Waals surface area contributed by atoms with Crippen LogP contribution in [0.2, 0.25) is 0 Å². The van der Waals surface area contributed by atoms with Crippen LogP contribution < -0.4 is 19.7 Å². The lowest BCUT2D eigenvalue weighted by molar-refractivity contribution is 0.185. The molecule has 1 aliphatic heterocycles. The number of rotatable bonds is 3. The number of ether oxygens (including phenoxy) is 2. The maximum Gasteiger partial charge on any atom is 0.162 e. The molecular weight excluding hydrogens is 232 g/mol. The lowest BCUT2D eigenvalue weighted by Gasteiger charge is -2.24. The van der Waals surface area contributed by atoms with Gasteiger partial charge in [0.1, 0.15) is 0 Å². The van der Waals surface area contributed by atoms with E-state index in [1.807, 2.05) is 18.2 Å². The van der Waals surface area contributed by atoms with Gasteiger partial charge in [0, 0.05) is 37.9 Å². The van der Waals surface area contributed by atoms with Gasteiger partial charge in [-0.1, -0.05) is 0 Å². The molecule has 1 unspecified atom stereocenters. The first kappa shape index (κ1) is 13.0. The Hall–Kier alpha value is -1.46. The number of hydrogen-bond donors (Lipinski definition) is 2. The van der Waals surface area contributed by atoms with Crippen LogP contribution in [-0.2, 0) is 0 Å². The molecule has 1 heterocycles. The number of methoxy groups -OCH3 is 2. The second-order valence-corrected chi connectivity index (χ2v) is 4.34. The monoisotopic (exact) mass is 252 g/mol. The highest BCUT2D eigenvalue weighted by atomic mass is 16.5. The van der Waals surface area contributed by atoms with Crippen molar-refractivity contribution in [3.8, 4) is 11.5 Å². The van der Waals surface area contributed by atoms with Gasteiger partial charge in [0.2, 0.25) is 0 Å². The highest BCUT2D eigenvalue weighted by Gasteiger charge is 2.17. The molecule has 0 aliphatic carbocycles. The molecule has 1 atom stereocenters. The van der Waals surface area contributed by atoms with E-state index >= 15 is 0 Å². The summed E-state index contributed by atoms with van der Waals surface area (Å²) in [5, 5.41) is 13.0. The molecule has 2 N–H and O–H groups in total. The third kappa shape index (κ3) is 2.86. The van der Waals surface area contributed by atoms with Crippen molar-refractivity contribution in [1.82, 2.24) is 5.32 Å². The Morgan fingerprint density at radius 1 is 1.28 bits per heavy atom. The van der Waals surface area contributed by atoms with Crippen molar-refractivity contribution in [3.63, 3.8) is 0 Å². The summed E-state index contributed by atoms with van der Waals surface area (Å²) in [6, 6.07) is 5.81. The van der Waals surface area contributed by atoms with Gasteiger partial charge in [0.25, 0.3) is 0 Å². The smallest absolute Gasteiger partial charge is 0.162 e. The number of aliphatic hydroxyl groups is 1. The Bertz CT molecular complexity index is 398. The number of aliphatic hydroxyl groups excluding tert-OH is 1. The standard InChI is InChI=1S/C13H20N2O3/c1-17-12-4-3-10(7-13(12)18-2)15-6-5-14-8-11(16)9-15/h3-4,7,11,14,16H,5-6,8-9H2,1-2H3. The van der Waals surface area contributed by atoms with Crippen LogP contribution >= 0.6 is 0 Å². The van der Waals surface area contributed by atoms with Crippen LogP contribution in [0.25, 0.3) is 0 Å². The average molecular weight is 252 g/mol. The molecule has 1 aromatic carbocycles. The van der Waals surface area contributed by atoms with E-state index in [0.29, 0.717) is 18.8 Å². The molecule has 5 nitrogen and oxygen atoms in total. The van der Waals surface area contributed by atoms with E-state index in [1.165, 1.54) is 0 Å². The maximum absolute atomic E-state index is 9.79. The molecule has 0 saturated carbocycles. The van der Waals surface area contributed by atoms with Gasteiger partial charge in [0.05, 0.1) is 20.3 Å². The van der Waals surface area contributed by atoms with Crippen molar-refractivity contribution in [2.75, 3.05) is 45.3 Å². The number of nitrogens with zero attached hydrogens (tertiary/aromatic N) is 1. The first-order chi connectivity index (χ1) is 8.74. The van der Waals surface area contributed by atoms with Crippen molar-refractivity contribution in [1.29, 1.82) is 0 Å². The molecule has 18 heavy (non-hydrogen) atoms. The molecule has 5 heteroatoms. The second kappa shape index (κ2) is 5.93. The van der Waals surface area contributed by atoms with Gasteiger partial charge < -0.3 is 24.8 Å². The molecule has 0 bridgehead atoms. The first-order valence-electron chi connectivity index (χ1n) is 6.10. The van der Waals surface area contributed by atoms with E-state index in [0.717, 1.165) is 24.5 Å². The summed E-state index contributed by atoms with van der Waals surface area (Å²) >= 11 is 0. The minimum absolute atomic E-state index is 0.347. The fourth-order valence-corrected chi connectivity index (χ4v) is 2.15. The Balaban J connectivity index is 2.21. The van der Waals surface area contributed by atoms with Gasteiger partial charge in [-0.3, -0.25) is 0 Å². The molecule has 1 aliphatic rings. The minimum Gasteiger partial charge on any atom is -0.493 e. The van der Waals surface area contributed by atoms with Gasteiger partial charge in [-0.15, -0.1) is 0 Å². The van der Waals surface area contributed by atoms with Gasteiger partial charge in [-0.2, -0.15) is 0 Å². The third-order valence-corrected chi connectivity index (χ3v) is 3.10. The number of hydrogen-bond acceptors (Lipinski definition) is 5. The van der Waals surface area contributed by atoms with Crippen molar-refractivity contribution in [2.24, 2.45) is 0 Å². The predicted molar refractivity (Wildman–Crippen MR) is 70.6 cm³/mol. The van der Waals surface area contributed by atoms with Crippen molar-refractivity contribution in [3.05, 3.63) is 18.2 Å². The summed E-state index contributed by atoms with van der Waals surface area (Å²) in [6.45, 7) is 3.00. The predicted octanol–water partition coefficient (Wildman–Crippen LogP) is 0.474. The summed E-state index contributed by atoms with van der Waals surface area (Å²) in [5.74, 6) is 1.43. The Labute approximate surface area is 107 Å². The van der Waals surface area contributed by atoms with E-state index in [4.69, 9.17) is 9.47 Å². The summed E-state index contributed by atoms with van der Waals surface area (Å²) in [4.78, 5) is 2.15. The van der Waals surface area contributed by atoms with Gasteiger partial charge in [-0.05, 0) is 12.1 Å². The normalized spacial score (nSPS) is 20.4. The topological polar surface area (TPSA) is 54.0 Å². The van der Waals surface area contributed by atoms with Crippen LogP contribution in [0.1, 0.15) is 0 Å². The number of anilines is 1. The number of nitrogens with one attached hydrogen (secondary N) is 1. The lowest BCUT2D eigenvalue weighted by atomic mass is 10.2. The molecule has 1 saturated heterocycles. The SMILES string of the molecule is COc1ccc(N2CCNCC(O)C2)cc1OC. The van der Waals surface area contributed by atoms with Crippen molar-refractivity contribution >= 4 is 5.69 Å². The molecule has 1 aromatic rings. The maximum atomic E-state index is 9.79. The molecular formula is C13H20N2O3. The summed E-state index contributed by atoms with van der Waals surface area (Å²) < 4.78 is 10.5. The Morgan fingerprint density at radius 3 is 2.78 bits per heavy atom. The summed E-state index contributed by atoms with van der Waals surface area (Å²) in [7, 11) is 3.25. The van der Waals surface area contributed by atoms with Crippen LogP contribution in [0.5, 0.6) is 11.5 Å². The van der Waals surface area contributed by atoms with E-state index in [2.05, 4.69) is 10.2 Å². The quantitative estimate of drug-likeness (QED) is 0.819. The van der Waals surface area contributed by atoms with Gasteiger partial charge in [-0.25, -0.2) is 0 Å². The molecule has 0 aromatic heterocycles. The Morgan fingerprint density at radius 2 is 2.06 bits per heavy atom. The number of benzene rings is 1. The fourth-order valence-electron chi connectivity index (χ4n) is 2.15. The van der Waals surface area contributed by atoms with Crippen molar-refractivity contribution < 1.29 is 14.6 Å². The fraction of sp³-hybridized carbons (Fsp3) is 0.538. The lowest BCUT2D eigenvalue weighted by Crippen LogP contribution is -2.32. The summed E-state index contributed by atoms with van der Waals surface area (Å²) in [5.41, 5.74) is 1.04. The van der Waals surface area contributed by atoms with Crippen LogP contribution in [0, 0.1) is 0 Å². The zero-order valence-electron chi connectivity index (χ0n) is 10.8. The highest BCUT2D eigenvalue weighted by molar-refractivity contribution is 5.56. The molecule has 2 rings (SSSR count). The second-order valence-electron chi connectivity index (χ2n) is 4.34. The van der Waals surface area contributed by atoms with Gasteiger partial charge in [0.15, 0.2) is 11.5 Å². The zero-order valence-corrected chi connectivity index (χ0v) is 10.8. The largest absolute Gasteiger partial charge is 0.493 e. The van der Waals surface area contributed by atoms with Crippen LogP contribution in [-0.4, -0.2) is 51.6 Å². The van der Waals surface area contributed by atoms with E-state index in [9.17, 15) is 5.11 Å². The molecule has 0 spiro atoms. The minimum atomic E-state index is -0.347. The van der Waals surface area contributed by atoms with Crippen LogP contribution in [0.3, 0.4) is 0 Å². The highest BCUT2D eigenvalue weighted by Crippen LogP contribution is 2.31. The number of β-amino-alcohol motifs (C(OH)–C–C–N with tert-alkyl or cyclic N) is 1. The van der Waals surface area contributed by atoms with E-state index in [-0.39, 0.29) is 6.10 Å². The third-order valence-electron chi connectivity index (χ3n) is 3.10. The zero-order chi connectivity index (χ0) is 13.0. The first-order valence-corrected chi connectivity index (χ1v) is 6.10. The van der Waals surface area contributed by atoms with E-state index in [1.54, 1.807) is 14.2 Å². The van der Waals surface area contributed by atoms with Gasteiger partial charge >= 0.3 is 0 Å². The van der Waals surface area contributed by atoms with E-state index < -0.39 is 0 Å². The summed E-state index contributed by atoms with van der Waals surface area (Å²) in [6.07, 6.45) is -0.347. The molecule has 0 amide bonds. The molecule has 100 valence electrons. The average Bonchev–Trinajstić information content (AvgIpc) is 2.62. The van der Waals surface area contributed by atoms with Crippen LogP contribution in [0.15, 0.2) is 18.2 Å². The molecule has 1 fully saturated rings. The molecule has 0 radical (unpaired) electrons. The van der Waals surface area contributed by atoms with Crippen LogP contribution in [0.4, 0.5) is 5.69 Å².